The maximum atomic E-state index is 12.7. The van der Waals surface area contributed by atoms with Crippen LogP contribution in [-0.2, 0) is 16.0 Å². The molecule has 2 fully saturated rings. The molecule has 1 saturated carbocycles. The molecule has 26 heavy (non-hydrogen) atoms. The van der Waals surface area contributed by atoms with Gasteiger partial charge >= 0.3 is 0 Å². The van der Waals surface area contributed by atoms with E-state index in [1.165, 1.54) is 0 Å². The lowest BCUT2D eigenvalue weighted by Gasteiger charge is -2.48. The number of carbonyl (C=O) groups is 2. The summed E-state index contributed by atoms with van der Waals surface area (Å²) in [5, 5.41) is 3.99. The van der Waals surface area contributed by atoms with Gasteiger partial charge in [0.1, 0.15) is 0 Å². The van der Waals surface area contributed by atoms with E-state index >= 15 is 0 Å². The quantitative estimate of drug-likeness (QED) is 0.821. The molecule has 7 nitrogen and oxygen atoms in total. The number of nitrogens with zero attached hydrogens (tertiary/aromatic N) is 4. The van der Waals surface area contributed by atoms with Crippen molar-refractivity contribution >= 4 is 11.8 Å². The van der Waals surface area contributed by atoms with E-state index in [9.17, 15) is 9.59 Å². The molecular formula is C19H30N4O3. The van der Waals surface area contributed by atoms with E-state index in [1.54, 1.807) is 0 Å². The molecule has 1 aromatic rings. The van der Waals surface area contributed by atoms with Crippen LogP contribution in [0.25, 0.3) is 0 Å². The maximum absolute atomic E-state index is 12.7. The Bertz CT molecular complexity index is 685. The van der Waals surface area contributed by atoms with E-state index in [2.05, 4.69) is 10.1 Å². The minimum absolute atomic E-state index is 0.0732. The van der Waals surface area contributed by atoms with Gasteiger partial charge in [0.15, 0.2) is 5.82 Å². The van der Waals surface area contributed by atoms with Crippen LogP contribution in [0.2, 0.25) is 0 Å². The number of carbonyl (C=O) groups excluding carboxylic acids is 2. The summed E-state index contributed by atoms with van der Waals surface area (Å²) >= 11 is 0. The van der Waals surface area contributed by atoms with E-state index < -0.39 is 5.41 Å². The molecule has 2 aliphatic rings. The minimum atomic E-state index is -0.403. The Morgan fingerprint density at radius 2 is 1.92 bits per heavy atom. The van der Waals surface area contributed by atoms with Crippen molar-refractivity contribution < 1.29 is 14.1 Å². The molecule has 7 heteroatoms. The zero-order valence-corrected chi connectivity index (χ0v) is 16.5. The fourth-order valence-electron chi connectivity index (χ4n) is 3.49. The van der Waals surface area contributed by atoms with Crippen LogP contribution in [0, 0.1) is 5.41 Å². The zero-order chi connectivity index (χ0) is 19.1. The van der Waals surface area contributed by atoms with Crippen molar-refractivity contribution in [2.24, 2.45) is 5.41 Å². The van der Waals surface area contributed by atoms with Crippen LogP contribution >= 0.6 is 0 Å². The van der Waals surface area contributed by atoms with E-state index in [0.717, 1.165) is 18.7 Å². The molecule has 0 aromatic carbocycles. The molecule has 1 saturated heterocycles. The Kier molecular flexibility index (Phi) is 4.84. The lowest BCUT2D eigenvalue weighted by molar-refractivity contribution is -0.151. The van der Waals surface area contributed by atoms with Gasteiger partial charge < -0.3 is 14.3 Å². The molecular weight excluding hydrogens is 332 g/mol. The average Bonchev–Trinajstić information content (AvgIpc) is 3.28. The Morgan fingerprint density at radius 1 is 1.23 bits per heavy atom. The minimum Gasteiger partial charge on any atom is -0.339 e. The van der Waals surface area contributed by atoms with Gasteiger partial charge in [-0.15, -0.1) is 0 Å². The highest BCUT2D eigenvalue weighted by atomic mass is 16.5. The first kappa shape index (κ1) is 18.9. The van der Waals surface area contributed by atoms with Gasteiger partial charge in [-0.3, -0.25) is 9.59 Å². The van der Waals surface area contributed by atoms with Gasteiger partial charge in [-0.1, -0.05) is 25.9 Å². The zero-order valence-electron chi connectivity index (χ0n) is 16.5. The van der Waals surface area contributed by atoms with Gasteiger partial charge in [-0.25, -0.2) is 0 Å². The number of hydrogen-bond donors (Lipinski definition) is 0. The van der Waals surface area contributed by atoms with Crippen LogP contribution in [0.1, 0.15) is 71.5 Å². The van der Waals surface area contributed by atoms with Crippen LogP contribution in [-0.4, -0.2) is 56.9 Å². The third kappa shape index (κ3) is 4.07. The SMILES string of the molecule is CC(C)(C)C(=O)N1CCN(C(=O)CCc2nc(C3CC3)no2)C(C)(C)C1. The van der Waals surface area contributed by atoms with Gasteiger partial charge in [0.05, 0.1) is 5.54 Å². The smallest absolute Gasteiger partial charge is 0.228 e. The summed E-state index contributed by atoms with van der Waals surface area (Å²) in [6.45, 7) is 11.5. The highest BCUT2D eigenvalue weighted by molar-refractivity contribution is 5.82. The summed E-state index contributed by atoms with van der Waals surface area (Å²) in [7, 11) is 0. The third-order valence-electron chi connectivity index (χ3n) is 5.11. The highest BCUT2D eigenvalue weighted by Gasteiger charge is 2.40. The number of amides is 2. The van der Waals surface area contributed by atoms with Crippen LogP contribution < -0.4 is 0 Å². The van der Waals surface area contributed by atoms with Crippen molar-refractivity contribution in [1.82, 2.24) is 19.9 Å². The summed E-state index contributed by atoms with van der Waals surface area (Å²) < 4.78 is 5.26. The standard InChI is InChI=1S/C19H30N4O3/c1-18(2,3)17(25)22-10-11-23(19(4,5)12-22)15(24)9-8-14-20-16(21-26-14)13-6-7-13/h13H,6-12H2,1-5H3. The maximum Gasteiger partial charge on any atom is 0.228 e. The van der Waals surface area contributed by atoms with Gasteiger partial charge in [-0.05, 0) is 26.7 Å². The summed E-state index contributed by atoms with van der Waals surface area (Å²) in [5.41, 5.74) is -0.788. The Labute approximate surface area is 155 Å². The second-order valence-corrected chi connectivity index (χ2v) is 9.16. The van der Waals surface area contributed by atoms with Gasteiger partial charge in [0, 0.05) is 43.8 Å². The summed E-state index contributed by atoms with van der Waals surface area (Å²) in [6, 6.07) is 0. The van der Waals surface area contributed by atoms with Crippen molar-refractivity contribution in [3.05, 3.63) is 11.7 Å². The van der Waals surface area contributed by atoms with Crippen molar-refractivity contribution in [1.29, 1.82) is 0 Å². The topological polar surface area (TPSA) is 79.5 Å². The molecule has 0 bridgehead atoms. The number of hydrogen-bond acceptors (Lipinski definition) is 5. The molecule has 0 radical (unpaired) electrons. The highest BCUT2D eigenvalue weighted by Crippen LogP contribution is 2.38. The normalized spacial score (nSPS) is 20.3. The fraction of sp³-hybridized carbons (Fsp3) is 0.789. The molecule has 0 unspecified atom stereocenters. The van der Waals surface area contributed by atoms with Gasteiger partial charge in [-0.2, -0.15) is 4.98 Å². The molecule has 144 valence electrons. The Balaban J connectivity index is 1.56. The largest absolute Gasteiger partial charge is 0.339 e. The molecule has 0 atom stereocenters. The molecule has 2 heterocycles. The van der Waals surface area contributed by atoms with Crippen LogP contribution in [0.5, 0.6) is 0 Å². The molecule has 0 spiro atoms. The lowest BCUT2D eigenvalue weighted by atomic mass is 9.91. The molecule has 3 rings (SSSR count). The lowest BCUT2D eigenvalue weighted by Crippen LogP contribution is -2.63. The second-order valence-electron chi connectivity index (χ2n) is 9.16. The third-order valence-corrected chi connectivity index (χ3v) is 5.11. The van der Waals surface area contributed by atoms with Crippen LogP contribution in [0.4, 0.5) is 0 Å². The van der Waals surface area contributed by atoms with Gasteiger partial charge in [0.25, 0.3) is 0 Å². The predicted molar refractivity (Wildman–Crippen MR) is 96.4 cm³/mol. The number of aryl methyl sites for hydroxylation is 1. The molecule has 1 aliphatic carbocycles. The van der Waals surface area contributed by atoms with Gasteiger partial charge in [0.2, 0.25) is 17.7 Å². The van der Waals surface area contributed by atoms with E-state index in [4.69, 9.17) is 4.52 Å². The summed E-state index contributed by atoms with van der Waals surface area (Å²) in [6.07, 6.45) is 3.08. The predicted octanol–water partition coefficient (Wildman–Crippen LogP) is 2.38. The Hall–Kier alpha value is -1.92. The summed E-state index contributed by atoms with van der Waals surface area (Å²) in [5.74, 6) is 1.98. The van der Waals surface area contributed by atoms with Crippen molar-refractivity contribution in [3.63, 3.8) is 0 Å². The van der Waals surface area contributed by atoms with Crippen molar-refractivity contribution in [2.75, 3.05) is 19.6 Å². The average molecular weight is 362 g/mol. The first-order valence-corrected chi connectivity index (χ1v) is 9.50. The van der Waals surface area contributed by atoms with Crippen molar-refractivity contribution in [3.8, 4) is 0 Å². The van der Waals surface area contributed by atoms with E-state index in [1.807, 2.05) is 44.4 Å². The van der Waals surface area contributed by atoms with Crippen LogP contribution in [0.3, 0.4) is 0 Å². The van der Waals surface area contributed by atoms with E-state index in [-0.39, 0.29) is 17.4 Å². The molecule has 0 N–H and O–H groups in total. The fourth-order valence-corrected chi connectivity index (χ4v) is 3.49. The van der Waals surface area contributed by atoms with Crippen molar-refractivity contribution in [2.45, 2.75) is 71.8 Å². The Morgan fingerprint density at radius 3 is 2.50 bits per heavy atom. The number of aromatic nitrogens is 2. The molecule has 2 amide bonds. The van der Waals surface area contributed by atoms with Crippen LogP contribution in [0.15, 0.2) is 4.52 Å². The summed E-state index contributed by atoms with van der Waals surface area (Å²) in [4.78, 5) is 33.4. The molecule has 1 aliphatic heterocycles. The van der Waals surface area contributed by atoms with E-state index in [0.29, 0.717) is 44.3 Å². The number of rotatable bonds is 4. The molecule has 1 aromatic heterocycles. The second kappa shape index (κ2) is 6.67. The number of piperazine rings is 1. The first-order chi connectivity index (χ1) is 12.1. The first-order valence-electron chi connectivity index (χ1n) is 9.50. The monoisotopic (exact) mass is 362 g/mol.